The number of aryl methyl sites for hydroxylation is 1. The molecule has 0 radical (unpaired) electrons. The van der Waals surface area contributed by atoms with Gasteiger partial charge in [0.15, 0.2) is 14.1 Å². The zero-order chi connectivity index (χ0) is 31.0. The summed E-state index contributed by atoms with van der Waals surface area (Å²) in [7, 11) is -2.62. The van der Waals surface area contributed by atoms with E-state index in [2.05, 4.69) is 6.92 Å². The average Bonchev–Trinajstić information content (AvgIpc) is 3.58. The SMILES string of the molecule is C[C@@H]1[C@@H]([Si](C)(C)O)[C@H](CC(=O)N2CCC[C@H]2CO)O[C@@H]1CCc1ccc(N2C(=O)c3ccccc3Oc3ccccc32)cc1. The lowest BCUT2D eigenvalue weighted by molar-refractivity contribution is -0.135. The predicted octanol–water partition coefficient (Wildman–Crippen LogP) is 6.05. The second-order valence-corrected chi connectivity index (χ2v) is 16.9. The standard InChI is InChI=1S/C35H42N2O6Si/c1-23-29(42-32(34(23)44(2,3)41)21-33(39)36-20-8-9-26(36)22-38)19-16-24-14-17-25(18-15-24)37-28-11-5-7-13-31(28)43-30-12-6-4-10-27(30)35(37)40/h4-7,10-15,17-18,23,26,29,32,34,38,41H,8-9,16,19-22H2,1-3H3/t23-,26-,29+,32-,34+/m0/s1. The fourth-order valence-electron chi connectivity index (χ4n) is 7.44. The Morgan fingerprint density at radius 3 is 2.41 bits per heavy atom. The first-order valence-electron chi connectivity index (χ1n) is 15.7. The normalized spacial score (nSPS) is 24.9. The summed E-state index contributed by atoms with van der Waals surface area (Å²) in [5.74, 6) is 1.15. The monoisotopic (exact) mass is 614 g/mol. The minimum absolute atomic E-state index is 0.0101. The van der Waals surface area contributed by atoms with Gasteiger partial charge in [-0.3, -0.25) is 14.5 Å². The molecule has 0 saturated carbocycles. The van der Waals surface area contributed by atoms with Crippen LogP contribution in [-0.4, -0.2) is 66.3 Å². The van der Waals surface area contributed by atoms with E-state index in [1.807, 2.05) is 79.8 Å². The van der Waals surface area contributed by atoms with Gasteiger partial charge in [-0.25, -0.2) is 0 Å². The summed E-state index contributed by atoms with van der Waals surface area (Å²) in [5, 5.41) is 9.71. The van der Waals surface area contributed by atoms with Gasteiger partial charge in [0.1, 0.15) is 5.75 Å². The van der Waals surface area contributed by atoms with E-state index in [0.29, 0.717) is 29.3 Å². The van der Waals surface area contributed by atoms with Crippen LogP contribution in [0.25, 0.3) is 0 Å². The molecule has 0 unspecified atom stereocenters. The lowest BCUT2D eigenvalue weighted by Crippen LogP contribution is -2.43. The third kappa shape index (κ3) is 5.94. The molecule has 2 amide bonds. The Hall–Kier alpha value is -3.50. The number of anilines is 2. The number of hydrogen-bond donors (Lipinski definition) is 2. The third-order valence-corrected chi connectivity index (χ3v) is 12.1. The van der Waals surface area contributed by atoms with Crippen molar-refractivity contribution in [3.8, 4) is 11.5 Å². The van der Waals surface area contributed by atoms with Gasteiger partial charge in [0.2, 0.25) is 5.91 Å². The number of likely N-dealkylation sites (tertiary alicyclic amines) is 1. The zero-order valence-corrected chi connectivity index (χ0v) is 26.7. The first kappa shape index (κ1) is 30.5. The minimum atomic E-state index is -2.62. The Bertz CT molecular complexity index is 1510. The van der Waals surface area contributed by atoms with Crippen LogP contribution < -0.4 is 9.64 Å². The molecule has 0 aromatic heterocycles. The van der Waals surface area contributed by atoms with E-state index >= 15 is 0 Å². The second kappa shape index (κ2) is 12.5. The van der Waals surface area contributed by atoms with Crippen molar-refractivity contribution in [3.63, 3.8) is 0 Å². The number of fused-ring (bicyclic) bond motifs is 2. The number of aliphatic hydroxyl groups excluding tert-OH is 1. The Labute approximate surface area is 260 Å². The van der Waals surface area contributed by atoms with Crippen molar-refractivity contribution in [1.82, 2.24) is 4.90 Å². The van der Waals surface area contributed by atoms with Crippen LogP contribution in [0, 0.1) is 5.92 Å². The molecule has 2 saturated heterocycles. The average molecular weight is 615 g/mol. The zero-order valence-electron chi connectivity index (χ0n) is 25.7. The number of benzene rings is 3. The molecule has 9 heteroatoms. The molecule has 44 heavy (non-hydrogen) atoms. The van der Waals surface area contributed by atoms with E-state index in [-0.39, 0.29) is 54.6 Å². The molecule has 5 atom stereocenters. The quantitative estimate of drug-likeness (QED) is 0.300. The van der Waals surface area contributed by atoms with Gasteiger partial charge in [0.25, 0.3) is 5.91 Å². The van der Waals surface area contributed by atoms with Crippen molar-refractivity contribution < 1.29 is 29.0 Å². The summed E-state index contributed by atoms with van der Waals surface area (Å²) in [5.41, 5.74) is 3.03. The lowest BCUT2D eigenvalue weighted by atomic mass is 9.95. The summed E-state index contributed by atoms with van der Waals surface area (Å²) in [6.45, 7) is 6.67. The van der Waals surface area contributed by atoms with Crippen molar-refractivity contribution in [2.24, 2.45) is 5.92 Å². The Morgan fingerprint density at radius 2 is 1.68 bits per heavy atom. The van der Waals surface area contributed by atoms with E-state index < -0.39 is 8.32 Å². The minimum Gasteiger partial charge on any atom is -0.454 e. The number of aliphatic hydroxyl groups is 1. The van der Waals surface area contributed by atoms with Crippen LogP contribution in [0.15, 0.2) is 72.8 Å². The van der Waals surface area contributed by atoms with Gasteiger partial charge in [-0.15, -0.1) is 0 Å². The van der Waals surface area contributed by atoms with E-state index in [4.69, 9.17) is 9.47 Å². The number of amides is 2. The van der Waals surface area contributed by atoms with Crippen LogP contribution in [0.1, 0.15) is 48.5 Å². The van der Waals surface area contributed by atoms with E-state index in [1.54, 1.807) is 15.9 Å². The predicted molar refractivity (Wildman–Crippen MR) is 172 cm³/mol. The molecule has 3 aromatic carbocycles. The smallest absolute Gasteiger partial charge is 0.266 e. The highest BCUT2D eigenvalue weighted by atomic mass is 28.4. The summed E-state index contributed by atoms with van der Waals surface area (Å²) in [6, 6.07) is 22.8. The van der Waals surface area contributed by atoms with Crippen LogP contribution in [-0.2, 0) is 16.0 Å². The Morgan fingerprint density at radius 1 is 0.977 bits per heavy atom. The van der Waals surface area contributed by atoms with Crippen LogP contribution in [0.2, 0.25) is 18.6 Å². The molecule has 2 fully saturated rings. The highest BCUT2D eigenvalue weighted by Gasteiger charge is 2.50. The van der Waals surface area contributed by atoms with E-state index in [0.717, 1.165) is 36.9 Å². The first-order valence-corrected chi connectivity index (χ1v) is 18.8. The number of nitrogens with zero attached hydrogens (tertiary/aromatic N) is 2. The number of hydrogen-bond acceptors (Lipinski definition) is 6. The van der Waals surface area contributed by atoms with Crippen LogP contribution >= 0.6 is 0 Å². The number of para-hydroxylation sites is 3. The van der Waals surface area contributed by atoms with Crippen molar-refractivity contribution in [1.29, 1.82) is 0 Å². The summed E-state index contributed by atoms with van der Waals surface area (Å²) in [6.07, 6.45) is 3.11. The van der Waals surface area contributed by atoms with E-state index in [1.165, 1.54) is 0 Å². The van der Waals surface area contributed by atoms with Gasteiger partial charge >= 0.3 is 0 Å². The summed E-state index contributed by atoms with van der Waals surface area (Å²) < 4.78 is 12.7. The number of carbonyl (C=O) groups is 2. The molecule has 3 aliphatic heterocycles. The number of rotatable bonds is 8. The second-order valence-electron chi connectivity index (χ2n) is 12.9. The third-order valence-electron chi connectivity index (χ3n) is 9.56. The van der Waals surface area contributed by atoms with Crippen molar-refractivity contribution in [2.45, 2.75) is 75.9 Å². The van der Waals surface area contributed by atoms with Crippen molar-refractivity contribution in [2.75, 3.05) is 18.1 Å². The maximum absolute atomic E-state index is 13.7. The number of carbonyl (C=O) groups excluding carboxylic acids is 2. The molecule has 3 aromatic rings. The van der Waals surface area contributed by atoms with Gasteiger partial charge < -0.3 is 24.3 Å². The molecule has 3 heterocycles. The molecular formula is C35H42N2O6Si. The first-order chi connectivity index (χ1) is 21.2. The Balaban J connectivity index is 1.16. The fraction of sp³-hybridized carbons (Fsp3) is 0.429. The largest absolute Gasteiger partial charge is 0.454 e. The summed E-state index contributed by atoms with van der Waals surface area (Å²) >= 11 is 0. The molecule has 0 aliphatic carbocycles. The molecule has 6 rings (SSSR count). The molecule has 8 nitrogen and oxygen atoms in total. The maximum Gasteiger partial charge on any atom is 0.266 e. The molecule has 232 valence electrons. The molecule has 2 N–H and O–H groups in total. The summed E-state index contributed by atoms with van der Waals surface area (Å²) in [4.78, 5) is 41.7. The molecule has 3 aliphatic rings. The maximum atomic E-state index is 13.7. The highest BCUT2D eigenvalue weighted by molar-refractivity contribution is 6.71. The van der Waals surface area contributed by atoms with Gasteiger partial charge in [-0.1, -0.05) is 43.3 Å². The highest BCUT2D eigenvalue weighted by Crippen LogP contribution is 2.46. The van der Waals surface area contributed by atoms with Gasteiger partial charge in [-0.2, -0.15) is 0 Å². The molecule has 0 spiro atoms. The van der Waals surface area contributed by atoms with Crippen molar-refractivity contribution >= 4 is 31.5 Å². The Kier molecular flexibility index (Phi) is 8.65. The van der Waals surface area contributed by atoms with E-state index in [9.17, 15) is 19.5 Å². The van der Waals surface area contributed by atoms with Crippen LogP contribution in [0.4, 0.5) is 11.4 Å². The van der Waals surface area contributed by atoms with Gasteiger partial charge in [0.05, 0.1) is 42.5 Å². The lowest BCUT2D eigenvalue weighted by Gasteiger charge is -2.31. The fourth-order valence-corrected chi connectivity index (χ4v) is 10.0. The molecule has 0 bridgehead atoms. The van der Waals surface area contributed by atoms with Crippen LogP contribution in [0.3, 0.4) is 0 Å². The van der Waals surface area contributed by atoms with Crippen molar-refractivity contribution in [3.05, 3.63) is 83.9 Å². The number of ether oxygens (including phenoxy) is 2. The topological polar surface area (TPSA) is 99.5 Å². The van der Waals surface area contributed by atoms with Gasteiger partial charge in [0, 0.05) is 17.8 Å². The van der Waals surface area contributed by atoms with Gasteiger partial charge in [-0.05, 0) is 86.7 Å². The van der Waals surface area contributed by atoms with Crippen LogP contribution in [0.5, 0.6) is 11.5 Å². The molecular weight excluding hydrogens is 572 g/mol.